The third-order valence-electron chi connectivity index (χ3n) is 3.97. The van der Waals surface area contributed by atoms with Gasteiger partial charge in [-0.1, -0.05) is 23.7 Å². The van der Waals surface area contributed by atoms with Crippen LogP contribution in [-0.2, 0) is 9.59 Å². The highest BCUT2D eigenvalue weighted by atomic mass is 35.5. The number of nitrogens with one attached hydrogen (secondary N) is 1. The number of rotatable bonds is 6. The fourth-order valence-electron chi connectivity index (χ4n) is 2.55. The number of hydrogen-bond acceptors (Lipinski definition) is 3. The van der Waals surface area contributed by atoms with Crippen LogP contribution in [0.4, 0.5) is 11.4 Å². The Bertz CT molecular complexity index is 849. The number of nitrogens with zero attached hydrogens (tertiary/aromatic N) is 1. The molecular formula is C20H21ClN2O3. The molecule has 0 spiro atoms. The molecule has 5 nitrogen and oxygen atoms in total. The maximum absolute atomic E-state index is 12.2. The van der Waals surface area contributed by atoms with E-state index in [2.05, 4.69) is 5.32 Å². The fraction of sp³-hybridized carbons (Fsp3) is 0.250. The summed E-state index contributed by atoms with van der Waals surface area (Å²) in [5, 5.41) is 3.43. The number of aryl methyl sites for hydroxylation is 1. The van der Waals surface area contributed by atoms with Gasteiger partial charge in [0.2, 0.25) is 11.8 Å². The topological polar surface area (TPSA) is 66.5 Å². The number of anilines is 2. The molecule has 2 amide bonds. The Morgan fingerprint density at radius 1 is 1.08 bits per heavy atom. The largest absolute Gasteiger partial charge is 0.326 e. The smallest absolute Gasteiger partial charge is 0.226 e. The SMILES string of the molecule is CC(=O)c1cccc(N(CCC(=O)Nc2ccc(Cl)cc2C)C(C)=O)c1. The maximum Gasteiger partial charge on any atom is 0.226 e. The monoisotopic (exact) mass is 372 g/mol. The summed E-state index contributed by atoms with van der Waals surface area (Å²) >= 11 is 5.91. The Labute approximate surface area is 158 Å². The zero-order valence-electron chi connectivity index (χ0n) is 15.0. The van der Waals surface area contributed by atoms with Crippen LogP contribution in [0.25, 0.3) is 0 Å². The molecule has 0 fully saturated rings. The molecule has 0 heterocycles. The van der Waals surface area contributed by atoms with E-state index >= 15 is 0 Å². The van der Waals surface area contributed by atoms with E-state index in [0.717, 1.165) is 5.56 Å². The summed E-state index contributed by atoms with van der Waals surface area (Å²) < 4.78 is 0. The Balaban J connectivity index is 2.06. The van der Waals surface area contributed by atoms with E-state index in [1.165, 1.54) is 18.7 Å². The van der Waals surface area contributed by atoms with Crippen LogP contribution in [0.2, 0.25) is 5.02 Å². The Hall–Kier alpha value is -2.66. The molecule has 0 saturated heterocycles. The van der Waals surface area contributed by atoms with Crippen LogP contribution in [0.1, 0.15) is 36.2 Å². The molecule has 0 aliphatic heterocycles. The average Bonchev–Trinajstić information content (AvgIpc) is 2.57. The first-order chi connectivity index (χ1) is 12.3. The van der Waals surface area contributed by atoms with Crippen molar-refractivity contribution in [1.29, 1.82) is 0 Å². The van der Waals surface area contributed by atoms with Crippen LogP contribution in [0.3, 0.4) is 0 Å². The number of benzene rings is 2. The first-order valence-electron chi connectivity index (χ1n) is 8.23. The molecule has 0 aromatic heterocycles. The van der Waals surface area contributed by atoms with E-state index in [4.69, 9.17) is 11.6 Å². The molecule has 0 radical (unpaired) electrons. The summed E-state index contributed by atoms with van der Waals surface area (Å²) in [4.78, 5) is 37.3. The van der Waals surface area contributed by atoms with Crippen LogP contribution in [0.15, 0.2) is 42.5 Å². The van der Waals surface area contributed by atoms with Gasteiger partial charge in [-0.2, -0.15) is 0 Å². The van der Waals surface area contributed by atoms with Gasteiger partial charge in [0, 0.05) is 41.9 Å². The van der Waals surface area contributed by atoms with E-state index in [0.29, 0.717) is 22.0 Å². The van der Waals surface area contributed by atoms with Gasteiger partial charge < -0.3 is 10.2 Å². The van der Waals surface area contributed by atoms with Gasteiger partial charge >= 0.3 is 0 Å². The van der Waals surface area contributed by atoms with Crippen molar-refractivity contribution in [1.82, 2.24) is 0 Å². The summed E-state index contributed by atoms with van der Waals surface area (Å²) in [6.07, 6.45) is 0.131. The predicted molar refractivity (Wildman–Crippen MR) is 104 cm³/mol. The molecule has 2 rings (SSSR count). The van der Waals surface area contributed by atoms with E-state index in [9.17, 15) is 14.4 Å². The third kappa shape index (κ3) is 5.17. The highest BCUT2D eigenvalue weighted by molar-refractivity contribution is 6.30. The van der Waals surface area contributed by atoms with Crippen LogP contribution in [0, 0.1) is 6.92 Å². The molecule has 0 aliphatic rings. The van der Waals surface area contributed by atoms with Crippen molar-refractivity contribution in [2.75, 3.05) is 16.8 Å². The van der Waals surface area contributed by atoms with E-state index < -0.39 is 0 Å². The fourth-order valence-corrected chi connectivity index (χ4v) is 2.78. The van der Waals surface area contributed by atoms with E-state index in [1.54, 1.807) is 42.5 Å². The Kier molecular flexibility index (Phi) is 6.52. The molecule has 0 unspecified atom stereocenters. The van der Waals surface area contributed by atoms with Gasteiger partial charge in [-0.05, 0) is 49.7 Å². The standard InChI is InChI=1S/C20H21ClN2O3/c1-13-11-17(21)7-8-19(13)22-20(26)9-10-23(15(3)25)18-6-4-5-16(12-18)14(2)24/h4-8,11-12H,9-10H2,1-3H3,(H,22,26). The number of ketones is 1. The molecular weight excluding hydrogens is 352 g/mol. The van der Waals surface area contributed by atoms with Crippen LogP contribution in [0.5, 0.6) is 0 Å². The Morgan fingerprint density at radius 2 is 1.81 bits per heavy atom. The molecule has 0 atom stereocenters. The van der Waals surface area contributed by atoms with Gasteiger partial charge in [0.25, 0.3) is 0 Å². The minimum atomic E-state index is -0.204. The number of amides is 2. The molecule has 2 aromatic rings. The molecule has 0 aliphatic carbocycles. The van der Waals surface area contributed by atoms with Crippen LogP contribution in [-0.4, -0.2) is 24.1 Å². The van der Waals surface area contributed by atoms with Crippen molar-refractivity contribution in [2.24, 2.45) is 0 Å². The lowest BCUT2D eigenvalue weighted by atomic mass is 10.1. The van der Waals surface area contributed by atoms with Crippen molar-refractivity contribution in [3.8, 4) is 0 Å². The van der Waals surface area contributed by atoms with Gasteiger partial charge in [0.15, 0.2) is 5.78 Å². The van der Waals surface area contributed by atoms with Crippen molar-refractivity contribution < 1.29 is 14.4 Å². The molecule has 0 bridgehead atoms. The van der Waals surface area contributed by atoms with Crippen molar-refractivity contribution in [3.63, 3.8) is 0 Å². The highest BCUT2D eigenvalue weighted by Gasteiger charge is 2.15. The maximum atomic E-state index is 12.2. The van der Waals surface area contributed by atoms with Gasteiger partial charge in [0.1, 0.15) is 0 Å². The molecule has 136 valence electrons. The van der Waals surface area contributed by atoms with Gasteiger partial charge in [0.05, 0.1) is 0 Å². The van der Waals surface area contributed by atoms with Crippen LogP contribution < -0.4 is 10.2 Å². The predicted octanol–water partition coefficient (Wildman–Crippen LogP) is 4.23. The number of carbonyl (C=O) groups is 3. The third-order valence-corrected chi connectivity index (χ3v) is 4.20. The number of Topliss-reactive ketones (excluding diaryl/α,β-unsaturated/α-hetero) is 1. The summed E-state index contributed by atoms with van der Waals surface area (Å²) in [6.45, 7) is 4.98. The second-order valence-corrected chi connectivity index (χ2v) is 6.47. The van der Waals surface area contributed by atoms with Gasteiger partial charge in [-0.25, -0.2) is 0 Å². The first kappa shape index (κ1) is 19.7. The van der Waals surface area contributed by atoms with Crippen molar-refractivity contribution in [3.05, 3.63) is 58.6 Å². The lowest BCUT2D eigenvalue weighted by Gasteiger charge is -2.21. The summed E-state index contributed by atoms with van der Waals surface area (Å²) in [5.41, 5.74) is 2.67. The summed E-state index contributed by atoms with van der Waals surface area (Å²) in [7, 11) is 0. The summed E-state index contributed by atoms with van der Waals surface area (Å²) in [5.74, 6) is -0.475. The average molecular weight is 373 g/mol. The minimum absolute atomic E-state index is 0.0775. The zero-order chi connectivity index (χ0) is 19.3. The van der Waals surface area contributed by atoms with Gasteiger partial charge in [-0.3, -0.25) is 14.4 Å². The quantitative estimate of drug-likeness (QED) is 0.771. The van der Waals surface area contributed by atoms with Crippen LogP contribution >= 0.6 is 11.6 Å². The number of carbonyl (C=O) groups excluding carboxylic acids is 3. The zero-order valence-corrected chi connectivity index (χ0v) is 15.8. The lowest BCUT2D eigenvalue weighted by Crippen LogP contribution is -2.32. The Morgan fingerprint density at radius 3 is 2.42 bits per heavy atom. The molecule has 2 aromatic carbocycles. The molecule has 0 saturated carbocycles. The number of hydrogen-bond donors (Lipinski definition) is 1. The van der Waals surface area contributed by atoms with E-state index in [-0.39, 0.29) is 30.6 Å². The normalized spacial score (nSPS) is 10.3. The molecule has 6 heteroatoms. The van der Waals surface area contributed by atoms with E-state index in [1.807, 2.05) is 6.92 Å². The summed E-state index contributed by atoms with van der Waals surface area (Å²) in [6, 6.07) is 12.0. The first-order valence-corrected chi connectivity index (χ1v) is 8.61. The second-order valence-electron chi connectivity index (χ2n) is 6.03. The lowest BCUT2D eigenvalue weighted by molar-refractivity contribution is -0.117. The van der Waals surface area contributed by atoms with Crippen molar-refractivity contribution in [2.45, 2.75) is 27.2 Å². The molecule has 26 heavy (non-hydrogen) atoms. The second kappa shape index (κ2) is 8.63. The van der Waals surface area contributed by atoms with Crippen molar-refractivity contribution >= 4 is 40.6 Å². The number of halogens is 1. The minimum Gasteiger partial charge on any atom is -0.326 e. The molecule has 1 N–H and O–H groups in total. The highest BCUT2D eigenvalue weighted by Crippen LogP contribution is 2.20. The van der Waals surface area contributed by atoms with Gasteiger partial charge in [-0.15, -0.1) is 0 Å².